The number of aromatic nitrogens is 5. The van der Waals surface area contributed by atoms with Crippen molar-refractivity contribution in [3.05, 3.63) is 78.1 Å². The maximum atomic E-state index is 12.9. The number of hydrogen-bond acceptors (Lipinski definition) is 7. The predicted octanol–water partition coefficient (Wildman–Crippen LogP) is 4.53. The fourth-order valence-electron chi connectivity index (χ4n) is 3.26. The summed E-state index contributed by atoms with van der Waals surface area (Å²) in [6, 6.07) is 8.47. The molecule has 4 aromatic heterocycles. The average molecular weight is 493 g/mol. The molecule has 2 N–H and O–H groups in total. The van der Waals surface area contributed by atoms with Crippen molar-refractivity contribution in [1.29, 1.82) is 0 Å². The fourth-order valence-corrected chi connectivity index (χ4v) is 3.26. The Morgan fingerprint density at radius 2 is 1.64 bits per heavy atom. The fraction of sp³-hybridized carbons (Fsp3) is 0.125. The van der Waals surface area contributed by atoms with Crippen molar-refractivity contribution in [3.8, 4) is 22.6 Å². The van der Waals surface area contributed by atoms with Crippen molar-refractivity contribution in [3.63, 3.8) is 0 Å². The second kappa shape index (κ2) is 9.86. The quantitative estimate of drug-likeness (QED) is 0.419. The van der Waals surface area contributed by atoms with Crippen LogP contribution in [0.5, 0.6) is 0 Å². The van der Waals surface area contributed by atoms with Gasteiger partial charge in [-0.25, -0.2) is 15.0 Å². The van der Waals surface area contributed by atoms with Gasteiger partial charge in [0.2, 0.25) is 5.91 Å². The highest BCUT2D eigenvalue weighted by atomic mass is 19.4. The summed E-state index contributed by atoms with van der Waals surface area (Å²) in [6.07, 6.45) is 0.722. The molecule has 0 saturated heterocycles. The Morgan fingerprint density at radius 3 is 2.39 bits per heavy atom. The summed E-state index contributed by atoms with van der Waals surface area (Å²) in [4.78, 5) is 44.4. The van der Waals surface area contributed by atoms with Gasteiger partial charge >= 0.3 is 6.18 Å². The smallest absolute Gasteiger partial charge is 0.321 e. The molecule has 4 rings (SSSR count). The molecular weight excluding hydrogens is 475 g/mol. The van der Waals surface area contributed by atoms with Gasteiger partial charge in [-0.15, -0.1) is 0 Å². The Labute approximate surface area is 202 Å². The zero-order valence-corrected chi connectivity index (χ0v) is 19.0. The van der Waals surface area contributed by atoms with Crippen LogP contribution in [-0.2, 0) is 11.0 Å². The van der Waals surface area contributed by atoms with Crippen LogP contribution in [0.1, 0.15) is 28.7 Å². The third-order valence-electron chi connectivity index (χ3n) is 4.91. The first-order chi connectivity index (χ1) is 17.1. The summed E-state index contributed by atoms with van der Waals surface area (Å²) in [5.41, 5.74) is 1.21. The number of nitrogens with one attached hydrogen (secondary N) is 2. The molecule has 0 fully saturated rings. The molecule has 0 atom stereocenters. The van der Waals surface area contributed by atoms with Crippen molar-refractivity contribution in [1.82, 2.24) is 24.9 Å². The van der Waals surface area contributed by atoms with Gasteiger partial charge in [-0.05, 0) is 43.3 Å². The minimum Gasteiger partial charge on any atom is -0.321 e. The van der Waals surface area contributed by atoms with E-state index in [1.807, 2.05) is 0 Å². The lowest BCUT2D eigenvalue weighted by Gasteiger charge is -2.11. The van der Waals surface area contributed by atoms with Gasteiger partial charge in [0.05, 0.1) is 17.6 Å². The molecule has 0 aliphatic rings. The van der Waals surface area contributed by atoms with Crippen LogP contribution in [-0.4, -0.2) is 36.7 Å². The predicted molar refractivity (Wildman–Crippen MR) is 125 cm³/mol. The Kier molecular flexibility index (Phi) is 6.68. The number of nitrogens with zero attached hydrogens (tertiary/aromatic N) is 5. The van der Waals surface area contributed by atoms with Crippen LogP contribution in [0.2, 0.25) is 0 Å². The molecule has 0 saturated carbocycles. The Hall–Kier alpha value is -4.74. The van der Waals surface area contributed by atoms with E-state index in [-0.39, 0.29) is 17.2 Å². The van der Waals surface area contributed by atoms with E-state index in [0.29, 0.717) is 40.2 Å². The summed E-state index contributed by atoms with van der Waals surface area (Å²) < 4.78 is 38.8. The molecule has 182 valence electrons. The molecule has 4 aromatic rings. The van der Waals surface area contributed by atoms with Gasteiger partial charge < -0.3 is 10.6 Å². The molecule has 4 heterocycles. The molecule has 0 aliphatic heterocycles. The average Bonchev–Trinajstić information content (AvgIpc) is 2.84. The van der Waals surface area contributed by atoms with Crippen molar-refractivity contribution in [2.45, 2.75) is 20.0 Å². The molecule has 0 aromatic carbocycles. The summed E-state index contributed by atoms with van der Waals surface area (Å²) in [6.45, 7) is 3.12. The number of pyridine rings is 3. The lowest BCUT2D eigenvalue weighted by Crippen LogP contribution is -2.15. The van der Waals surface area contributed by atoms with E-state index in [9.17, 15) is 22.8 Å². The number of aryl methyl sites for hydroxylation is 1. The highest BCUT2D eigenvalue weighted by molar-refractivity contribution is 6.04. The van der Waals surface area contributed by atoms with E-state index in [1.54, 1.807) is 37.4 Å². The Morgan fingerprint density at radius 1 is 0.889 bits per heavy atom. The second-order valence-electron chi connectivity index (χ2n) is 7.62. The van der Waals surface area contributed by atoms with Gasteiger partial charge in [0.15, 0.2) is 5.82 Å². The SMILES string of the molecule is CC(=O)Nc1cc(-c2nccc(-c3cc(NC(=O)c4ccnc(C(F)(F)F)c4)cnc3C)n2)ccn1. The zero-order chi connectivity index (χ0) is 25.9. The van der Waals surface area contributed by atoms with E-state index in [1.165, 1.54) is 25.4 Å². The number of rotatable bonds is 5. The first kappa shape index (κ1) is 24.4. The standard InChI is InChI=1S/C24H18F3N7O2/c1-13-18(19-5-8-30-22(34-19)15-3-7-29-21(10-15)32-14(2)35)11-17(12-31-13)33-23(36)16-4-6-28-20(9-16)24(25,26)27/h3-12H,1-2H3,(H,33,36)(H,29,32,35). The number of hydrogen-bond donors (Lipinski definition) is 2. The van der Waals surface area contributed by atoms with Crippen molar-refractivity contribution >= 4 is 23.3 Å². The molecule has 0 unspecified atom stereocenters. The highest BCUT2D eigenvalue weighted by Crippen LogP contribution is 2.29. The van der Waals surface area contributed by atoms with E-state index < -0.39 is 17.8 Å². The highest BCUT2D eigenvalue weighted by Gasteiger charge is 2.33. The Balaban J connectivity index is 1.62. The number of alkyl halides is 3. The van der Waals surface area contributed by atoms with Gasteiger partial charge in [0, 0.05) is 47.9 Å². The largest absolute Gasteiger partial charge is 0.433 e. The van der Waals surface area contributed by atoms with Crippen LogP contribution in [0.25, 0.3) is 22.6 Å². The lowest BCUT2D eigenvalue weighted by molar-refractivity contribution is -0.141. The molecule has 0 radical (unpaired) electrons. The van der Waals surface area contributed by atoms with Crippen LogP contribution < -0.4 is 10.6 Å². The number of amides is 2. The zero-order valence-electron chi connectivity index (χ0n) is 19.0. The molecule has 0 bridgehead atoms. The van der Waals surface area contributed by atoms with Gasteiger partial charge in [-0.2, -0.15) is 13.2 Å². The van der Waals surface area contributed by atoms with E-state index in [4.69, 9.17) is 0 Å². The molecule has 2 amide bonds. The van der Waals surface area contributed by atoms with E-state index in [2.05, 4.69) is 35.6 Å². The maximum absolute atomic E-state index is 12.9. The van der Waals surface area contributed by atoms with E-state index in [0.717, 1.165) is 6.20 Å². The topological polar surface area (TPSA) is 123 Å². The number of anilines is 2. The van der Waals surface area contributed by atoms with Crippen LogP contribution in [0.4, 0.5) is 24.7 Å². The molecular formula is C24H18F3N7O2. The molecule has 0 spiro atoms. The molecule has 0 aliphatic carbocycles. The normalized spacial score (nSPS) is 11.1. The van der Waals surface area contributed by atoms with Crippen LogP contribution in [0.15, 0.2) is 61.2 Å². The van der Waals surface area contributed by atoms with Crippen molar-refractivity contribution in [2.24, 2.45) is 0 Å². The minimum absolute atomic E-state index is 0.198. The van der Waals surface area contributed by atoms with Crippen molar-refractivity contribution < 1.29 is 22.8 Å². The summed E-state index contributed by atoms with van der Waals surface area (Å²) in [5, 5.41) is 5.16. The first-order valence-electron chi connectivity index (χ1n) is 10.5. The second-order valence-corrected chi connectivity index (χ2v) is 7.62. The first-order valence-corrected chi connectivity index (χ1v) is 10.5. The summed E-state index contributed by atoms with van der Waals surface area (Å²) in [5.74, 6) is -0.297. The molecule has 12 heteroatoms. The third-order valence-corrected chi connectivity index (χ3v) is 4.91. The van der Waals surface area contributed by atoms with Gasteiger partial charge in [0.25, 0.3) is 5.91 Å². The monoisotopic (exact) mass is 493 g/mol. The van der Waals surface area contributed by atoms with Crippen molar-refractivity contribution in [2.75, 3.05) is 10.6 Å². The minimum atomic E-state index is -4.67. The maximum Gasteiger partial charge on any atom is 0.433 e. The molecule has 9 nitrogen and oxygen atoms in total. The van der Waals surface area contributed by atoms with Crippen LogP contribution in [0.3, 0.4) is 0 Å². The Bertz CT molecular complexity index is 1460. The number of halogens is 3. The van der Waals surface area contributed by atoms with Crippen LogP contribution >= 0.6 is 0 Å². The third kappa shape index (κ3) is 5.66. The number of carbonyl (C=O) groups is 2. The van der Waals surface area contributed by atoms with Gasteiger partial charge in [0.1, 0.15) is 11.5 Å². The number of carbonyl (C=O) groups excluding carboxylic acids is 2. The lowest BCUT2D eigenvalue weighted by atomic mass is 10.1. The summed E-state index contributed by atoms with van der Waals surface area (Å²) in [7, 11) is 0. The van der Waals surface area contributed by atoms with Gasteiger partial charge in [-0.3, -0.25) is 19.6 Å². The van der Waals surface area contributed by atoms with Gasteiger partial charge in [-0.1, -0.05) is 0 Å². The van der Waals surface area contributed by atoms with E-state index >= 15 is 0 Å². The van der Waals surface area contributed by atoms with Crippen LogP contribution in [0, 0.1) is 6.92 Å². The summed E-state index contributed by atoms with van der Waals surface area (Å²) >= 11 is 0. The molecule has 36 heavy (non-hydrogen) atoms.